The minimum atomic E-state index is -0.755. The number of aromatic nitrogens is 1. The normalized spacial score (nSPS) is 17.4. The number of aliphatic hydroxyl groups is 1. The number of amides is 1. The first-order valence-corrected chi connectivity index (χ1v) is 10.9. The molecule has 0 bridgehead atoms. The van der Waals surface area contributed by atoms with Gasteiger partial charge in [-0.1, -0.05) is 42.0 Å². The summed E-state index contributed by atoms with van der Waals surface area (Å²) in [5.41, 5.74) is 4.16. The SMILES string of the molecule is CCOc1cccc(/C(O)=C2\C(=O)C(=O)N(Cc3cc(C)ccc3C)C2c2cccnc2)c1. The number of aliphatic hydroxyl groups excluding tert-OH is 1. The second-order valence-corrected chi connectivity index (χ2v) is 8.10. The molecule has 33 heavy (non-hydrogen) atoms. The number of carbonyl (C=O) groups is 2. The molecule has 168 valence electrons. The molecule has 1 aliphatic heterocycles. The van der Waals surface area contributed by atoms with Crippen LogP contribution in [0, 0.1) is 13.8 Å². The smallest absolute Gasteiger partial charge is 0.295 e. The molecule has 1 saturated heterocycles. The molecule has 0 radical (unpaired) electrons. The summed E-state index contributed by atoms with van der Waals surface area (Å²) in [6.07, 6.45) is 3.25. The second-order valence-electron chi connectivity index (χ2n) is 8.10. The van der Waals surface area contributed by atoms with Gasteiger partial charge in [0.2, 0.25) is 0 Å². The van der Waals surface area contributed by atoms with Crippen LogP contribution in [0.4, 0.5) is 0 Å². The van der Waals surface area contributed by atoms with Gasteiger partial charge in [0, 0.05) is 24.5 Å². The number of likely N-dealkylation sites (tertiary alicyclic amines) is 1. The number of aryl methyl sites for hydroxylation is 2. The molecule has 3 aromatic rings. The molecule has 0 saturated carbocycles. The first-order valence-electron chi connectivity index (χ1n) is 10.9. The maximum absolute atomic E-state index is 13.2. The number of ether oxygens (including phenoxy) is 1. The monoisotopic (exact) mass is 442 g/mol. The van der Waals surface area contributed by atoms with Crippen molar-refractivity contribution in [2.24, 2.45) is 0 Å². The van der Waals surface area contributed by atoms with E-state index in [2.05, 4.69) is 4.98 Å². The van der Waals surface area contributed by atoms with Crippen LogP contribution in [0.2, 0.25) is 0 Å². The van der Waals surface area contributed by atoms with Gasteiger partial charge < -0.3 is 14.7 Å². The van der Waals surface area contributed by atoms with E-state index in [1.165, 1.54) is 4.90 Å². The van der Waals surface area contributed by atoms with Gasteiger partial charge in [-0.2, -0.15) is 0 Å². The van der Waals surface area contributed by atoms with E-state index in [-0.39, 0.29) is 17.9 Å². The second kappa shape index (κ2) is 9.28. The Morgan fingerprint density at radius 2 is 1.91 bits per heavy atom. The van der Waals surface area contributed by atoms with Crippen molar-refractivity contribution in [1.29, 1.82) is 0 Å². The third kappa shape index (κ3) is 4.37. The van der Waals surface area contributed by atoms with E-state index in [0.29, 0.717) is 23.5 Å². The molecular formula is C27H26N2O4. The molecule has 1 amide bonds. The Morgan fingerprint density at radius 3 is 2.64 bits per heavy atom. The quantitative estimate of drug-likeness (QED) is 0.339. The molecule has 2 heterocycles. The Kier molecular flexibility index (Phi) is 6.27. The first-order chi connectivity index (χ1) is 15.9. The van der Waals surface area contributed by atoms with Crippen molar-refractivity contribution in [2.75, 3.05) is 6.61 Å². The molecule has 6 nitrogen and oxygen atoms in total. The molecule has 1 N–H and O–H groups in total. The summed E-state index contributed by atoms with van der Waals surface area (Å²) in [5.74, 6) is -1.02. The van der Waals surface area contributed by atoms with Crippen molar-refractivity contribution in [1.82, 2.24) is 9.88 Å². The van der Waals surface area contributed by atoms with Crippen LogP contribution < -0.4 is 4.74 Å². The van der Waals surface area contributed by atoms with Crippen molar-refractivity contribution < 1.29 is 19.4 Å². The number of hydrogen-bond acceptors (Lipinski definition) is 5. The zero-order chi connectivity index (χ0) is 23.5. The number of benzene rings is 2. The Hall–Kier alpha value is -3.93. The molecule has 1 aliphatic rings. The predicted octanol–water partition coefficient (Wildman–Crippen LogP) is 4.72. The highest BCUT2D eigenvalue weighted by atomic mass is 16.5. The van der Waals surface area contributed by atoms with Gasteiger partial charge in [-0.15, -0.1) is 0 Å². The molecule has 1 atom stereocenters. The van der Waals surface area contributed by atoms with E-state index < -0.39 is 17.7 Å². The van der Waals surface area contributed by atoms with E-state index in [0.717, 1.165) is 16.7 Å². The number of ketones is 1. The van der Waals surface area contributed by atoms with Crippen LogP contribution in [0.25, 0.3) is 5.76 Å². The largest absolute Gasteiger partial charge is 0.507 e. The van der Waals surface area contributed by atoms with Crippen molar-refractivity contribution in [2.45, 2.75) is 33.4 Å². The Bertz CT molecular complexity index is 1230. The molecule has 0 aliphatic carbocycles. The van der Waals surface area contributed by atoms with Crippen LogP contribution in [0.1, 0.15) is 40.8 Å². The Morgan fingerprint density at radius 1 is 1.09 bits per heavy atom. The molecule has 2 aromatic carbocycles. The summed E-state index contributed by atoms with van der Waals surface area (Å²) in [6.45, 7) is 6.55. The summed E-state index contributed by atoms with van der Waals surface area (Å²) < 4.78 is 5.54. The summed E-state index contributed by atoms with van der Waals surface area (Å²) in [4.78, 5) is 32.1. The summed E-state index contributed by atoms with van der Waals surface area (Å²) >= 11 is 0. The van der Waals surface area contributed by atoms with Crippen molar-refractivity contribution in [3.8, 4) is 5.75 Å². The fraction of sp³-hybridized carbons (Fsp3) is 0.222. The van der Waals surface area contributed by atoms with Crippen molar-refractivity contribution in [3.05, 3.63) is 100 Å². The predicted molar refractivity (Wildman–Crippen MR) is 126 cm³/mol. The van der Waals surface area contributed by atoms with Crippen LogP contribution in [0.5, 0.6) is 5.75 Å². The third-order valence-electron chi connectivity index (χ3n) is 5.80. The lowest BCUT2D eigenvalue weighted by molar-refractivity contribution is -0.140. The van der Waals surface area contributed by atoms with Gasteiger partial charge in [-0.05, 0) is 55.7 Å². The fourth-order valence-electron chi connectivity index (χ4n) is 4.14. The maximum Gasteiger partial charge on any atom is 0.295 e. The van der Waals surface area contributed by atoms with E-state index in [4.69, 9.17) is 4.74 Å². The van der Waals surface area contributed by atoms with Crippen LogP contribution in [0.15, 0.2) is 72.6 Å². The van der Waals surface area contributed by atoms with Gasteiger partial charge in [0.1, 0.15) is 11.5 Å². The highest BCUT2D eigenvalue weighted by Gasteiger charge is 2.46. The van der Waals surface area contributed by atoms with Gasteiger partial charge in [0.15, 0.2) is 0 Å². The van der Waals surface area contributed by atoms with Gasteiger partial charge in [0.25, 0.3) is 11.7 Å². The molecule has 0 spiro atoms. The topological polar surface area (TPSA) is 79.7 Å². The molecule has 1 fully saturated rings. The third-order valence-corrected chi connectivity index (χ3v) is 5.80. The maximum atomic E-state index is 13.2. The zero-order valence-corrected chi connectivity index (χ0v) is 18.9. The van der Waals surface area contributed by atoms with Gasteiger partial charge in [0.05, 0.1) is 18.2 Å². The Balaban J connectivity index is 1.85. The molecule has 1 aromatic heterocycles. The van der Waals surface area contributed by atoms with Crippen LogP contribution in [-0.2, 0) is 16.1 Å². The Labute approximate surface area is 193 Å². The van der Waals surface area contributed by atoms with Crippen LogP contribution in [0.3, 0.4) is 0 Å². The number of carbonyl (C=O) groups excluding carboxylic acids is 2. The first kappa shape index (κ1) is 22.3. The molecular weight excluding hydrogens is 416 g/mol. The van der Waals surface area contributed by atoms with E-state index in [1.54, 1.807) is 42.7 Å². The number of hydrogen-bond donors (Lipinski definition) is 1. The zero-order valence-electron chi connectivity index (χ0n) is 18.9. The van der Waals surface area contributed by atoms with Crippen LogP contribution in [-0.4, -0.2) is 33.3 Å². The van der Waals surface area contributed by atoms with E-state index in [9.17, 15) is 14.7 Å². The summed E-state index contributed by atoms with van der Waals surface area (Å²) in [5, 5.41) is 11.2. The highest BCUT2D eigenvalue weighted by molar-refractivity contribution is 6.46. The van der Waals surface area contributed by atoms with Gasteiger partial charge in [-0.25, -0.2) is 0 Å². The lowest BCUT2D eigenvalue weighted by Gasteiger charge is -2.26. The van der Waals surface area contributed by atoms with E-state index in [1.807, 2.05) is 45.0 Å². The summed E-state index contributed by atoms with van der Waals surface area (Å²) in [6, 6.07) is 15.7. The molecule has 6 heteroatoms. The number of nitrogens with zero attached hydrogens (tertiary/aromatic N) is 2. The number of pyridine rings is 1. The average Bonchev–Trinajstić information content (AvgIpc) is 3.07. The standard InChI is InChI=1S/C27H26N2O4/c1-4-33-22-9-5-7-19(14-22)25(30)23-24(20-8-6-12-28-15-20)29(27(32)26(23)31)16-21-13-17(2)10-11-18(21)3/h5-15,24,30H,4,16H2,1-3H3/b25-23+. The minimum absolute atomic E-state index is 0.0481. The number of rotatable bonds is 6. The number of Topliss-reactive ketones (excluding diaryl/α,β-unsaturated/α-hetero) is 1. The lowest BCUT2D eigenvalue weighted by Crippen LogP contribution is -2.29. The summed E-state index contributed by atoms with van der Waals surface area (Å²) in [7, 11) is 0. The highest BCUT2D eigenvalue weighted by Crippen LogP contribution is 2.40. The molecule has 1 unspecified atom stereocenters. The van der Waals surface area contributed by atoms with Crippen molar-refractivity contribution >= 4 is 17.4 Å². The average molecular weight is 443 g/mol. The minimum Gasteiger partial charge on any atom is -0.507 e. The fourth-order valence-corrected chi connectivity index (χ4v) is 4.14. The van der Waals surface area contributed by atoms with Crippen LogP contribution >= 0.6 is 0 Å². The van der Waals surface area contributed by atoms with E-state index >= 15 is 0 Å². The van der Waals surface area contributed by atoms with Gasteiger partial charge in [-0.3, -0.25) is 14.6 Å². The lowest BCUT2D eigenvalue weighted by atomic mass is 9.96. The molecule has 4 rings (SSSR count). The van der Waals surface area contributed by atoms with Gasteiger partial charge >= 0.3 is 0 Å². The van der Waals surface area contributed by atoms with Crippen molar-refractivity contribution in [3.63, 3.8) is 0 Å².